The van der Waals surface area contributed by atoms with Gasteiger partial charge in [-0.25, -0.2) is 0 Å². The van der Waals surface area contributed by atoms with Gasteiger partial charge in [-0.3, -0.25) is 4.79 Å². The van der Waals surface area contributed by atoms with E-state index in [1.165, 1.54) is 25.7 Å². The first-order valence-corrected chi connectivity index (χ1v) is 7.03. The molecule has 0 saturated heterocycles. The standard InChI is InChI=1S/C16H20O3/c1-18-11-8-13-12-6-4-3-5-10(12)7-14(17)16(13)15(9-11)19-2/h8-10,12H,3-7H2,1-2H3. The maximum absolute atomic E-state index is 12.4. The highest BCUT2D eigenvalue weighted by molar-refractivity contribution is 6.02. The molecule has 3 nitrogen and oxygen atoms in total. The van der Waals surface area contributed by atoms with E-state index in [0.29, 0.717) is 24.0 Å². The molecular formula is C16H20O3. The Morgan fingerprint density at radius 1 is 1.11 bits per heavy atom. The van der Waals surface area contributed by atoms with Crippen LogP contribution in [0, 0.1) is 5.92 Å². The number of hydrogen-bond donors (Lipinski definition) is 0. The van der Waals surface area contributed by atoms with E-state index >= 15 is 0 Å². The zero-order chi connectivity index (χ0) is 13.4. The fraction of sp³-hybridized carbons (Fsp3) is 0.562. The smallest absolute Gasteiger partial charge is 0.167 e. The monoisotopic (exact) mass is 260 g/mol. The summed E-state index contributed by atoms with van der Waals surface area (Å²) in [5, 5.41) is 0. The van der Waals surface area contributed by atoms with Crippen LogP contribution in [0.2, 0.25) is 0 Å². The average Bonchev–Trinajstić information content (AvgIpc) is 2.46. The molecule has 0 spiro atoms. The largest absolute Gasteiger partial charge is 0.497 e. The molecule has 0 amide bonds. The van der Waals surface area contributed by atoms with Crippen molar-refractivity contribution in [3.63, 3.8) is 0 Å². The molecule has 2 atom stereocenters. The second kappa shape index (κ2) is 4.87. The number of hydrogen-bond acceptors (Lipinski definition) is 3. The summed E-state index contributed by atoms with van der Waals surface area (Å²) in [5.41, 5.74) is 1.95. The fourth-order valence-corrected chi connectivity index (χ4v) is 3.68. The third-order valence-electron chi connectivity index (χ3n) is 4.60. The van der Waals surface area contributed by atoms with Gasteiger partial charge in [0.15, 0.2) is 5.78 Å². The van der Waals surface area contributed by atoms with Crippen LogP contribution in [0.3, 0.4) is 0 Å². The second-order valence-electron chi connectivity index (χ2n) is 5.57. The molecule has 0 N–H and O–H groups in total. The molecule has 2 unspecified atom stereocenters. The molecule has 3 heteroatoms. The van der Waals surface area contributed by atoms with Gasteiger partial charge in [-0.2, -0.15) is 0 Å². The number of fused-ring (bicyclic) bond motifs is 3. The Labute approximate surface area is 113 Å². The van der Waals surface area contributed by atoms with Crippen molar-refractivity contribution in [3.05, 3.63) is 23.3 Å². The molecule has 0 aliphatic heterocycles. The first-order valence-electron chi connectivity index (χ1n) is 7.03. The lowest BCUT2D eigenvalue weighted by atomic mass is 9.67. The van der Waals surface area contributed by atoms with Crippen LogP contribution in [0.25, 0.3) is 0 Å². The number of carbonyl (C=O) groups excluding carboxylic acids is 1. The summed E-state index contributed by atoms with van der Waals surface area (Å²) in [5.74, 6) is 2.71. The van der Waals surface area contributed by atoms with E-state index in [9.17, 15) is 4.79 Å². The van der Waals surface area contributed by atoms with Gasteiger partial charge >= 0.3 is 0 Å². The summed E-state index contributed by atoms with van der Waals surface area (Å²) in [6.07, 6.45) is 5.55. The summed E-state index contributed by atoms with van der Waals surface area (Å²) >= 11 is 0. The van der Waals surface area contributed by atoms with E-state index in [1.54, 1.807) is 14.2 Å². The molecule has 1 aromatic carbocycles. The van der Waals surface area contributed by atoms with Gasteiger partial charge in [-0.15, -0.1) is 0 Å². The number of ketones is 1. The van der Waals surface area contributed by atoms with Crippen LogP contribution in [0.1, 0.15) is 53.9 Å². The van der Waals surface area contributed by atoms with Gasteiger partial charge in [-0.05, 0) is 36.3 Å². The highest BCUT2D eigenvalue weighted by Crippen LogP contribution is 2.48. The highest BCUT2D eigenvalue weighted by atomic mass is 16.5. The SMILES string of the molecule is COc1cc(OC)c2c(c1)C1CCCCC1CC2=O. The van der Waals surface area contributed by atoms with Crippen molar-refractivity contribution in [1.29, 1.82) is 0 Å². The minimum Gasteiger partial charge on any atom is -0.497 e. The summed E-state index contributed by atoms with van der Waals surface area (Å²) in [4.78, 5) is 12.4. The Balaban J connectivity index is 2.14. The first-order chi connectivity index (χ1) is 9.24. The molecule has 1 aromatic rings. The molecule has 0 heterocycles. The van der Waals surface area contributed by atoms with Gasteiger partial charge in [0.1, 0.15) is 11.5 Å². The number of rotatable bonds is 2. The van der Waals surface area contributed by atoms with E-state index in [0.717, 1.165) is 16.9 Å². The van der Waals surface area contributed by atoms with Gasteiger partial charge in [0, 0.05) is 12.5 Å². The predicted molar refractivity (Wildman–Crippen MR) is 73.2 cm³/mol. The zero-order valence-corrected chi connectivity index (χ0v) is 11.6. The lowest BCUT2D eigenvalue weighted by Gasteiger charge is -2.37. The fourth-order valence-electron chi connectivity index (χ4n) is 3.68. The molecule has 102 valence electrons. The minimum atomic E-state index is 0.234. The number of ether oxygens (including phenoxy) is 2. The Hall–Kier alpha value is -1.51. The molecule has 2 aliphatic carbocycles. The van der Waals surface area contributed by atoms with E-state index in [4.69, 9.17) is 9.47 Å². The van der Waals surface area contributed by atoms with E-state index < -0.39 is 0 Å². The Kier molecular flexibility index (Phi) is 3.21. The minimum absolute atomic E-state index is 0.234. The summed E-state index contributed by atoms with van der Waals surface area (Å²) in [6.45, 7) is 0. The van der Waals surface area contributed by atoms with Crippen LogP contribution in [-0.2, 0) is 0 Å². The molecule has 0 radical (unpaired) electrons. The zero-order valence-electron chi connectivity index (χ0n) is 11.6. The summed E-state index contributed by atoms with van der Waals surface area (Å²) in [7, 11) is 3.28. The van der Waals surface area contributed by atoms with E-state index in [2.05, 4.69) is 0 Å². The molecule has 1 saturated carbocycles. The topological polar surface area (TPSA) is 35.5 Å². The van der Waals surface area contributed by atoms with E-state index in [-0.39, 0.29) is 5.78 Å². The Morgan fingerprint density at radius 2 is 1.89 bits per heavy atom. The molecule has 0 bridgehead atoms. The van der Waals surface area contributed by atoms with Gasteiger partial charge in [0.2, 0.25) is 0 Å². The molecular weight excluding hydrogens is 240 g/mol. The van der Waals surface area contributed by atoms with Crippen LogP contribution >= 0.6 is 0 Å². The van der Waals surface area contributed by atoms with Crippen molar-refractivity contribution < 1.29 is 14.3 Å². The number of benzene rings is 1. The molecule has 3 rings (SSSR count). The number of carbonyl (C=O) groups is 1. The van der Waals surface area contributed by atoms with Gasteiger partial charge in [0.05, 0.1) is 19.8 Å². The van der Waals surface area contributed by atoms with Gasteiger partial charge in [0.25, 0.3) is 0 Å². The van der Waals surface area contributed by atoms with E-state index in [1.807, 2.05) is 12.1 Å². The third-order valence-corrected chi connectivity index (χ3v) is 4.60. The highest BCUT2D eigenvalue weighted by Gasteiger charge is 2.37. The molecule has 19 heavy (non-hydrogen) atoms. The van der Waals surface area contributed by atoms with Crippen molar-refractivity contribution in [2.75, 3.05) is 14.2 Å². The van der Waals surface area contributed by atoms with Crippen LogP contribution in [0.15, 0.2) is 12.1 Å². The Morgan fingerprint density at radius 3 is 2.63 bits per heavy atom. The quantitative estimate of drug-likeness (QED) is 0.815. The average molecular weight is 260 g/mol. The van der Waals surface area contributed by atoms with Crippen molar-refractivity contribution >= 4 is 5.78 Å². The van der Waals surface area contributed by atoms with Crippen molar-refractivity contribution in [1.82, 2.24) is 0 Å². The molecule has 1 fully saturated rings. The van der Waals surface area contributed by atoms with Gasteiger partial charge in [-0.1, -0.05) is 12.8 Å². The Bertz CT molecular complexity index is 507. The summed E-state index contributed by atoms with van der Waals surface area (Å²) in [6, 6.07) is 3.86. The number of Topliss-reactive ketones (excluding diaryl/α,β-unsaturated/α-hetero) is 1. The van der Waals surface area contributed by atoms with Crippen LogP contribution < -0.4 is 9.47 Å². The number of methoxy groups -OCH3 is 2. The first kappa shape index (κ1) is 12.5. The van der Waals surface area contributed by atoms with Crippen molar-refractivity contribution in [2.24, 2.45) is 5.92 Å². The van der Waals surface area contributed by atoms with Crippen molar-refractivity contribution in [3.8, 4) is 11.5 Å². The predicted octanol–water partition coefficient (Wildman–Crippen LogP) is 3.56. The summed E-state index contributed by atoms with van der Waals surface area (Å²) < 4.78 is 10.8. The molecule has 2 aliphatic rings. The maximum atomic E-state index is 12.4. The maximum Gasteiger partial charge on any atom is 0.167 e. The van der Waals surface area contributed by atoms with Crippen LogP contribution in [0.5, 0.6) is 11.5 Å². The third kappa shape index (κ3) is 2.01. The lowest BCUT2D eigenvalue weighted by molar-refractivity contribution is 0.0915. The van der Waals surface area contributed by atoms with Crippen molar-refractivity contribution in [2.45, 2.75) is 38.0 Å². The normalized spacial score (nSPS) is 25.5. The molecule has 0 aromatic heterocycles. The van der Waals surface area contributed by atoms with Crippen LogP contribution in [0.4, 0.5) is 0 Å². The second-order valence-corrected chi connectivity index (χ2v) is 5.57. The lowest BCUT2D eigenvalue weighted by Crippen LogP contribution is -2.28. The van der Waals surface area contributed by atoms with Crippen LogP contribution in [-0.4, -0.2) is 20.0 Å². The van der Waals surface area contributed by atoms with Gasteiger partial charge < -0.3 is 9.47 Å².